The van der Waals surface area contributed by atoms with Crippen LogP contribution in [0, 0.1) is 13.8 Å². The van der Waals surface area contributed by atoms with Crippen molar-refractivity contribution in [1.29, 1.82) is 0 Å². The number of rotatable bonds is 5. The molecule has 1 saturated heterocycles. The van der Waals surface area contributed by atoms with Crippen LogP contribution >= 0.6 is 0 Å². The zero-order chi connectivity index (χ0) is 19.3. The average molecular weight is 374 g/mol. The van der Waals surface area contributed by atoms with Crippen LogP contribution in [-0.2, 0) is 6.54 Å². The topological polar surface area (TPSA) is 57.2 Å². The Bertz CT molecular complexity index is 899. The minimum atomic E-state index is 0.690. The molecule has 0 atom stereocenters. The second kappa shape index (κ2) is 8.35. The van der Waals surface area contributed by atoms with Crippen molar-refractivity contribution in [3.63, 3.8) is 0 Å². The zero-order valence-corrected chi connectivity index (χ0v) is 16.5. The van der Waals surface area contributed by atoms with Crippen LogP contribution in [0.15, 0.2) is 54.7 Å². The maximum atomic E-state index is 4.71. The highest BCUT2D eigenvalue weighted by molar-refractivity contribution is 5.64. The van der Waals surface area contributed by atoms with Crippen molar-refractivity contribution >= 4 is 17.5 Å². The van der Waals surface area contributed by atoms with Crippen LogP contribution in [0.5, 0.6) is 0 Å². The Hall–Kier alpha value is -2.99. The van der Waals surface area contributed by atoms with Crippen molar-refractivity contribution < 1.29 is 0 Å². The van der Waals surface area contributed by atoms with Crippen LogP contribution in [0.1, 0.15) is 16.7 Å². The highest BCUT2D eigenvalue weighted by atomic mass is 15.4. The number of anilines is 3. The van der Waals surface area contributed by atoms with E-state index in [0.717, 1.165) is 44.2 Å². The summed E-state index contributed by atoms with van der Waals surface area (Å²) in [5.41, 5.74) is 4.82. The molecule has 3 aromatic rings. The van der Waals surface area contributed by atoms with Gasteiger partial charge in [-0.2, -0.15) is 10.1 Å². The van der Waals surface area contributed by atoms with Gasteiger partial charge in [0.15, 0.2) is 5.82 Å². The number of hydrogen-bond acceptors (Lipinski definition) is 6. The van der Waals surface area contributed by atoms with Gasteiger partial charge in [0.1, 0.15) is 0 Å². The van der Waals surface area contributed by atoms with Crippen molar-refractivity contribution in [2.24, 2.45) is 0 Å². The van der Waals surface area contributed by atoms with E-state index in [1.165, 1.54) is 16.7 Å². The zero-order valence-electron chi connectivity index (χ0n) is 16.5. The predicted molar refractivity (Wildman–Crippen MR) is 113 cm³/mol. The van der Waals surface area contributed by atoms with Crippen LogP contribution in [0.2, 0.25) is 0 Å². The van der Waals surface area contributed by atoms with E-state index in [1.54, 1.807) is 6.20 Å². The summed E-state index contributed by atoms with van der Waals surface area (Å²) in [7, 11) is 0. The van der Waals surface area contributed by atoms with Gasteiger partial charge in [-0.15, -0.1) is 5.10 Å². The lowest BCUT2D eigenvalue weighted by atomic mass is 10.1. The Morgan fingerprint density at radius 3 is 2.32 bits per heavy atom. The van der Waals surface area contributed by atoms with Crippen LogP contribution in [-0.4, -0.2) is 46.3 Å². The van der Waals surface area contributed by atoms with Gasteiger partial charge >= 0.3 is 0 Å². The van der Waals surface area contributed by atoms with E-state index in [0.29, 0.717) is 5.95 Å². The van der Waals surface area contributed by atoms with Gasteiger partial charge in [0.05, 0.1) is 6.20 Å². The highest BCUT2D eigenvalue weighted by Crippen LogP contribution is 2.23. The Morgan fingerprint density at radius 2 is 1.61 bits per heavy atom. The first-order chi connectivity index (χ1) is 13.7. The second-order valence-corrected chi connectivity index (χ2v) is 7.28. The average Bonchev–Trinajstić information content (AvgIpc) is 2.72. The van der Waals surface area contributed by atoms with Crippen molar-refractivity contribution in [3.8, 4) is 0 Å². The molecule has 1 fully saturated rings. The summed E-state index contributed by atoms with van der Waals surface area (Å²) in [5.74, 6) is 1.42. The number of aryl methyl sites for hydroxylation is 2. The molecule has 2 aromatic carbocycles. The molecule has 0 bridgehead atoms. The Balaban J connectivity index is 1.40. The molecule has 28 heavy (non-hydrogen) atoms. The van der Waals surface area contributed by atoms with E-state index >= 15 is 0 Å². The maximum absolute atomic E-state index is 4.71. The second-order valence-electron chi connectivity index (χ2n) is 7.28. The lowest BCUT2D eigenvalue weighted by Crippen LogP contribution is -2.46. The maximum Gasteiger partial charge on any atom is 0.247 e. The number of piperazine rings is 1. The van der Waals surface area contributed by atoms with Gasteiger partial charge in [-0.05, 0) is 30.5 Å². The number of nitrogens with zero attached hydrogens (tertiary/aromatic N) is 5. The smallest absolute Gasteiger partial charge is 0.247 e. The van der Waals surface area contributed by atoms with E-state index in [-0.39, 0.29) is 0 Å². The molecule has 6 heteroatoms. The number of benzene rings is 2. The third-order valence-corrected chi connectivity index (χ3v) is 5.19. The third-order valence-electron chi connectivity index (χ3n) is 5.19. The number of hydrogen-bond donors (Lipinski definition) is 1. The first-order valence-corrected chi connectivity index (χ1v) is 9.73. The third kappa shape index (κ3) is 4.28. The van der Waals surface area contributed by atoms with Gasteiger partial charge in [-0.3, -0.25) is 4.90 Å². The van der Waals surface area contributed by atoms with E-state index in [2.05, 4.69) is 87.7 Å². The van der Waals surface area contributed by atoms with Crippen molar-refractivity contribution in [2.75, 3.05) is 36.4 Å². The summed E-state index contributed by atoms with van der Waals surface area (Å²) in [6.45, 7) is 8.97. The molecule has 0 amide bonds. The molecule has 2 heterocycles. The van der Waals surface area contributed by atoms with Crippen LogP contribution < -0.4 is 10.2 Å². The molecule has 0 spiro atoms. The number of aromatic nitrogens is 3. The van der Waals surface area contributed by atoms with Crippen LogP contribution in [0.3, 0.4) is 0 Å². The summed E-state index contributed by atoms with van der Waals surface area (Å²) in [5, 5.41) is 11.8. The molecule has 144 valence electrons. The minimum absolute atomic E-state index is 0.690. The molecule has 0 unspecified atom stereocenters. The fourth-order valence-corrected chi connectivity index (χ4v) is 3.58. The summed E-state index contributed by atoms with van der Waals surface area (Å²) in [6, 6.07) is 16.9. The van der Waals surface area contributed by atoms with Gasteiger partial charge in [-0.25, -0.2) is 0 Å². The van der Waals surface area contributed by atoms with Crippen molar-refractivity contribution in [1.82, 2.24) is 20.1 Å². The van der Waals surface area contributed by atoms with E-state index in [1.807, 2.05) is 0 Å². The molecule has 1 aliphatic rings. The standard InChI is InChI=1S/C22H26N6/c1-17-7-6-8-18(2)21(17)24-20-15-23-26-22(25-20)28-13-11-27(12-14-28)16-19-9-4-3-5-10-19/h3-10,15H,11-14,16H2,1-2H3,(H,24,25,26). The molecular formula is C22H26N6. The fraction of sp³-hybridized carbons (Fsp3) is 0.318. The molecule has 4 rings (SSSR count). The first-order valence-electron chi connectivity index (χ1n) is 9.73. The molecule has 1 aromatic heterocycles. The molecule has 0 saturated carbocycles. The molecule has 1 aliphatic heterocycles. The quantitative estimate of drug-likeness (QED) is 0.737. The lowest BCUT2D eigenvalue weighted by Gasteiger charge is -2.34. The minimum Gasteiger partial charge on any atom is -0.338 e. The fourth-order valence-electron chi connectivity index (χ4n) is 3.58. The van der Waals surface area contributed by atoms with Gasteiger partial charge in [-0.1, -0.05) is 48.5 Å². The Labute approximate surface area is 166 Å². The summed E-state index contributed by atoms with van der Waals surface area (Å²) in [4.78, 5) is 9.39. The molecule has 0 radical (unpaired) electrons. The molecule has 6 nitrogen and oxygen atoms in total. The van der Waals surface area contributed by atoms with Gasteiger partial charge in [0.2, 0.25) is 5.95 Å². The van der Waals surface area contributed by atoms with Gasteiger partial charge in [0.25, 0.3) is 0 Å². The molecular weight excluding hydrogens is 348 g/mol. The van der Waals surface area contributed by atoms with E-state index < -0.39 is 0 Å². The normalized spacial score (nSPS) is 14.9. The van der Waals surface area contributed by atoms with Crippen LogP contribution in [0.25, 0.3) is 0 Å². The Kier molecular flexibility index (Phi) is 5.48. The van der Waals surface area contributed by atoms with Crippen molar-refractivity contribution in [3.05, 3.63) is 71.4 Å². The van der Waals surface area contributed by atoms with Crippen LogP contribution in [0.4, 0.5) is 17.5 Å². The lowest BCUT2D eigenvalue weighted by molar-refractivity contribution is 0.248. The molecule has 1 N–H and O–H groups in total. The van der Waals surface area contributed by atoms with Crippen molar-refractivity contribution in [2.45, 2.75) is 20.4 Å². The van der Waals surface area contributed by atoms with E-state index in [4.69, 9.17) is 4.98 Å². The summed E-state index contributed by atoms with van der Waals surface area (Å²) in [6.07, 6.45) is 1.68. The summed E-state index contributed by atoms with van der Waals surface area (Å²) >= 11 is 0. The largest absolute Gasteiger partial charge is 0.338 e. The highest BCUT2D eigenvalue weighted by Gasteiger charge is 2.20. The van der Waals surface area contributed by atoms with E-state index in [9.17, 15) is 0 Å². The summed E-state index contributed by atoms with van der Waals surface area (Å²) < 4.78 is 0. The van der Waals surface area contributed by atoms with Gasteiger partial charge in [0, 0.05) is 38.4 Å². The monoisotopic (exact) mass is 374 g/mol. The Morgan fingerprint density at radius 1 is 0.893 bits per heavy atom. The SMILES string of the molecule is Cc1cccc(C)c1Nc1cnnc(N2CCN(Cc3ccccc3)CC2)n1. The molecule has 0 aliphatic carbocycles. The number of nitrogens with one attached hydrogen (secondary N) is 1. The predicted octanol–water partition coefficient (Wildman–Crippen LogP) is 3.55. The number of para-hydroxylation sites is 1. The first kappa shape index (κ1) is 18.4. The van der Waals surface area contributed by atoms with Gasteiger partial charge < -0.3 is 10.2 Å².